The Balaban J connectivity index is 1.53. The Labute approximate surface area is 159 Å². The van der Waals surface area contributed by atoms with Crippen molar-refractivity contribution in [3.8, 4) is 17.3 Å². The molecule has 0 saturated heterocycles. The minimum absolute atomic E-state index is 0.233. The van der Waals surface area contributed by atoms with Crippen molar-refractivity contribution >= 4 is 17.0 Å². The molecule has 0 fully saturated rings. The molecule has 0 radical (unpaired) electrons. The average molecular weight is 377 g/mol. The van der Waals surface area contributed by atoms with Crippen LogP contribution in [-0.4, -0.2) is 25.7 Å². The average Bonchev–Trinajstić information content (AvgIpc) is 2.99. The van der Waals surface area contributed by atoms with Crippen molar-refractivity contribution < 1.29 is 13.9 Å². The minimum Gasteiger partial charge on any atom is -0.406 e. The number of aryl methyl sites for hydroxylation is 2. The maximum atomic E-state index is 13.4. The maximum Gasteiger partial charge on any atom is 0.432 e. The lowest BCUT2D eigenvalue weighted by Crippen LogP contribution is -2.25. The van der Waals surface area contributed by atoms with E-state index in [1.54, 1.807) is 37.5 Å². The molecule has 0 unspecified atom stereocenters. The van der Waals surface area contributed by atoms with Gasteiger partial charge in [-0.1, -0.05) is 6.07 Å². The van der Waals surface area contributed by atoms with Crippen LogP contribution in [0.1, 0.15) is 11.3 Å². The van der Waals surface area contributed by atoms with Gasteiger partial charge in [-0.2, -0.15) is 0 Å². The third-order valence-electron chi connectivity index (χ3n) is 4.21. The smallest absolute Gasteiger partial charge is 0.406 e. The largest absolute Gasteiger partial charge is 0.432 e. The first-order chi connectivity index (χ1) is 13.5. The summed E-state index contributed by atoms with van der Waals surface area (Å²) >= 11 is 0. The van der Waals surface area contributed by atoms with Gasteiger partial charge in [-0.3, -0.25) is 9.66 Å². The normalized spacial score (nSPS) is 10.8. The van der Waals surface area contributed by atoms with Crippen LogP contribution in [0.4, 0.5) is 9.18 Å². The molecule has 0 bridgehead atoms. The second-order valence-corrected chi connectivity index (χ2v) is 6.20. The van der Waals surface area contributed by atoms with Crippen molar-refractivity contribution in [1.29, 1.82) is 0 Å². The number of nitrogens with zero attached hydrogens (tertiary/aromatic N) is 4. The van der Waals surface area contributed by atoms with Gasteiger partial charge < -0.3 is 4.74 Å². The van der Waals surface area contributed by atoms with E-state index in [0.29, 0.717) is 28.1 Å². The summed E-state index contributed by atoms with van der Waals surface area (Å²) in [6, 6.07) is 9.79. The van der Waals surface area contributed by atoms with Gasteiger partial charge in [-0.15, -0.1) is 0 Å². The predicted octanol–water partition coefficient (Wildman–Crippen LogP) is 3.99. The molecule has 0 aliphatic carbocycles. The summed E-state index contributed by atoms with van der Waals surface area (Å²) in [4.78, 5) is 25.1. The molecule has 140 valence electrons. The fourth-order valence-electron chi connectivity index (χ4n) is 2.86. The molecule has 8 heteroatoms. The third kappa shape index (κ3) is 3.39. The van der Waals surface area contributed by atoms with Gasteiger partial charge in [0.25, 0.3) is 0 Å². The second-order valence-electron chi connectivity index (χ2n) is 6.20. The lowest BCUT2D eigenvalue weighted by Gasteiger charge is -2.10. The molecule has 7 nitrogen and oxygen atoms in total. The molecule has 1 N–H and O–H groups in total. The fraction of sp³-hybridized carbons (Fsp3) is 0.100. The van der Waals surface area contributed by atoms with Gasteiger partial charge in [0.05, 0.1) is 17.4 Å². The summed E-state index contributed by atoms with van der Waals surface area (Å²) in [5.74, 6) is 0.341. The van der Waals surface area contributed by atoms with Crippen LogP contribution in [0.3, 0.4) is 0 Å². The van der Waals surface area contributed by atoms with Crippen LogP contribution < -0.4 is 10.2 Å². The summed E-state index contributed by atoms with van der Waals surface area (Å²) in [6.07, 6.45) is 4.07. The van der Waals surface area contributed by atoms with Crippen molar-refractivity contribution in [1.82, 2.24) is 19.6 Å². The van der Waals surface area contributed by atoms with Gasteiger partial charge in [0.15, 0.2) is 11.6 Å². The van der Waals surface area contributed by atoms with Crippen molar-refractivity contribution in [2.75, 3.05) is 5.43 Å². The van der Waals surface area contributed by atoms with Crippen LogP contribution in [0.25, 0.3) is 22.4 Å². The molecule has 1 aromatic carbocycles. The Kier molecular flexibility index (Phi) is 4.44. The number of carbonyl (C=O) groups excluding carboxylic acids is 1. The molecule has 4 aromatic rings. The zero-order valence-electron chi connectivity index (χ0n) is 15.2. The number of carbonyl (C=O) groups is 1. The first-order valence-corrected chi connectivity index (χ1v) is 8.52. The lowest BCUT2D eigenvalue weighted by molar-refractivity contribution is 0.211. The van der Waals surface area contributed by atoms with Crippen molar-refractivity contribution in [3.63, 3.8) is 0 Å². The predicted molar refractivity (Wildman–Crippen MR) is 102 cm³/mol. The monoisotopic (exact) mass is 377 g/mol. The van der Waals surface area contributed by atoms with E-state index in [1.807, 2.05) is 13.0 Å². The number of amides is 1. The molecule has 3 aromatic heterocycles. The Morgan fingerprint density at radius 1 is 1.18 bits per heavy atom. The maximum absolute atomic E-state index is 13.4. The second kappa shape index (κ2) is 7.07. The Hall–Kier alpha value is -3.81. The Morgan fingerprint density at radius 3 is 2.79 bits per heavy atom. The number of ether oxygens (including phenoxy) is 1. The molecule has 0 aliphatic heterocycles. The zero-order chi connectivity index (χ0) is 19.7. The zero-order valence-corrected chi connectivity index (χ0v) is 15.2. The molecule has 0 atom stereocenters. The molecular formula is C20H16FN5O2. The highest BCUT2D eigenvalue weighted by molar-refractivity contribution is 5.87. The molecule has 28 heavy (non-hydrogen) atoms. The van der Waals surface area contributed by atoms with Gasteiger partial charge in [-0.25, -0.2) is 24.6 Å². The third-order valence-corrected chi connectivity index (χ3v) is 4.21. The van der Waals surface area contributed by atoms with Crippen molar-refractivity contribution in [2.24, 2.45) is 0 Å². The van der Waals surface area contributed by atoms with Crippen molar-refractivity contribution in [3.05, 3.63) is 72.1 Å². The highest BCUT2D eigenvalue weighted by atomic mass is 19.1. The Morgan fingerprint density at radius 2 is 2.04 bits per heavy atom. The van der Waals surface area contributed by atoms with Gasteiger partial charge in [0, 0.05) is 17.8 Å². The van der Waals surface area contributed by atoms with E-state index in [9.17, 15) is 9.18 Å². The van der Waals surface area contributed by atoms with Crippen LogP contribution in [-0.2, 0) is 0 Å². The molecule has 1 amide bonds. The molecule has 4 rings (SSSR count). The summed E-state index contributed by atoms with van der Waals surface area (Å²) in [5.41, 5.74) is 5.23. The van der Waals surface area contributed by atoms with E-state index in [0.717, 1.165) is 5.56 Å². The van der Waals surface area contributed by atoms with Gasteiger partial charge in [0.1, 0.15) is 11.5 Å². The van der Waals surface area contributed by atoms with Crippen LogP contribution >= 0.6 is 0 Å². The standard InChI is InChI=1S/C20H16FN5O2/c1-12-11-26(17-7-6-14(21)9-15(12)17)25-20(27)28-18-10-23-19(24-13(18)2)16-5-3-4-8-22-16/h3-11H,1-2H3,(H,25,27). The molecular weight excluding hydrogens is 361 g/mol. The highest BCUT2D eigenvalue weighted by Gasteiger charge is 2.13. The first kappa shape index (κ1) is 17.6. The highest BCUT2D eigenvalue weighted by Crippen LogP contribution is 2.22. The van der Waals surface area contributed by atoms with E-state index < -0.39 is 6.09 Å². The summed E-state index contributed by atoms with van der Waals surface area (Å²) in [5, 5.41) is 0.708. The van der Waals surface area contributed by atoms with Crippen LogP contribution in [0.5, 0.6) is 5.75 Å². The number of benzene rings is 1. The lowest BCUT2D eigenvalue weighted by atomic mass is 10.2. The molecule has 0 spiro atoms. The van der Waals surface area contributed by atoms with Gasteiger partial charge in [0.2, 0.25) is 0 Å². The molecule has 3 heterocycles. The van der Waals surface area contributed by atoms with E-state index in [2.05, 4.69) is 20.4 Å². The number of hydrogen-bond acceptors (Lipinski definition) is 5. The molecule has 0 aliphatic rings. The van der Waals surface area contributed by atoms with Crippen LogP contribution in [0.2, 0.25) is 0 Å². The number of rotatable bonds is 3. The first-order valence-electron chi connectivity index (χ1n) is 8.52. The number of hydrogen-bond donors (Lipinski definition) is 1. The summed E-state index contributed by atoms with van der Waals surface area (Å²) in [6.45, 7) is 3.55. The topological polar surface area (TPSA) is 81.9 Å². The van der Waals surface area contributed by atoms with Crippen LogP contribution in [0, 0.1) is 19.7 Å². The van der Waals surface area contributed by atoms with Gasteiger partial charge in [-0.05, 0) is 49.7 Å². The van der Waals surface area contributed by atoms with Gasteiger partial charge >= 0.3 is 6.09 Å². The number of aromatic nitrogens is 4. The summed E-state index contributed by atoms with van der Waals surface area (Å²) < 4.78 is 20.3. The Bertz CT molecular complexity index is 1170. The van der Waals surface area contributed by atoms with E-state index in [4.69, 9.17) is 4.74 Å². The summed E-state index contributed by atoms with van der Waals surface area (Å²) in [7, 11) is 0. The van der Waals surface area contributed by atoms with E-state index >= 15 is 0 Å². The number of halogens is 1. The fourth-order valence-corrected chi connectivity index (χ4v) is 2.86. The van der Waals surface area contributed by atoms with E-state index in [1.165, 1.54) is 23.0 Å². The quantitative estimate of drug-likeness (QED) is 0.584. The number of fused-ring (bicyclic) bond motifs is 1. The number of pyridine rings is 1. The molecule has 0 saturated carbocycles. The van der Waals surface area contributed by atoms with Crippen LogP contribution in [0.15, 0.2) is 55.0 Å². The minimum atomic E-state index is -0.710. The van der Waals surface area contributed by atoms with Crippen molar-refractivity contribution in [2.45, 2.75) is 13.8 Å². The number of nitrogens with one attached hydrogen (secondary N) is 1. The van der Waals surface area contributed by atoms with E-state index in [-0.39, 0.29) is 11.6 Å². The SMILES string of the molecule is Cc1nc(-c2ccccn2)ncc1OC(=O)Nn1cc(C)c2cc(F)ccc21.